The molecular weight excluding hydrogens is 555 g/mol. The Kier molecular flexibility index (Phi) is 16.6. The van der Waals surface area contributed by atoms with E-state index in [1.165, 1.54) is 11.8 Å². The molecule has 0 saturated carbocycles. The van der Waals surface area contributed by atoms with E-state index in [0.717, 1.165) is 23.5 Å². The molecule has 0 rings (SSSR count). The molecule has 0 aliphatic rings. The van der Waals surface area contributed by atoms with E-state index < -0.39 is 29.6 Å². The van der Waals surface area contributed by atoms with Crippen LogP contribution in [0.4, 0.5) is 4.79 Å². The van der Waals surface area contributed by atoms with Crippen LogP contribution in [0, 0.1) is 16.2 Å². The Morgan fingerprint density at radius 2 is 0.865 bits per heavy atom. The van der Waals surface area contributed by atoms with Gasteiger partial charge in [0.15, 0.2) is 15.3 Å². The lowest BCUT2D eigenvalue weighted by atomic mass is 9.99. The Hall–Kier alpha value is -0.320. The molecule has 0 heterocycles. The normalized spacial score (nSPS) is 12.9. The molecule has 0 aromatic heterocycles. The summed E-state index contributed by atoms with van der Waals surface area (Å²) in [6.45, 7) is 16.4. The second-order valence-corrected chi connectivity index (χ2v) is 16.6. The highest BCUT2D eigenvalue weighted by molar-refractivity contribution is 8.14. The minimum Gasteiger partial charge on any atom is -0.457 e. The highest BCUT2D eigenvalue weighted by Gasteiger charge is 2.37. The molecular formula is C25H45O8PS3. The van der Waals surface area contributed by atoms with Gasteiger partial charge in [-0.3, -0.25) is 14.4 Å². The summed E-state index contributed by atoms with van der Waals surface area (Å²) in [6.07, 6.45) is 1.21. The summed E-state index contributed by atoms with van der Waals surface area (Å²) < 4.78 is 29.1. The van der Waals surface area contributed by atoms with E-state index in [2.05, 4.69) is 0 Å². The van der Waals surface area contributed by atoms with Gasteiger partial charge >= 0.3 is 13.3 Å². The average Bonchev–Trinajstić information content (AvgIpc) is 2.75. The Balaban J connectivity index is 4.78. The molecule has 8 nitrogen and oxygen atoms in total. The quantitative estimate of drug-likeness (QED) is 0.138. The van der Waals surface area contributed by atoms with Crippen LogP contribution in [-0.2, 0) is 32.7 Å². The molecule has 12 heteroatoms. The lowest BCUT2D eigenvalue weighted by molar-refractivity contribution is -0.118. The van der Waals surface area contributed by atoms with Crippen LogP contribution in [0.2, 0.25) is 0 Å². The molecule has 0 unspecified atom stereocenters. The minimum atomic E-state index is -4.22. The van der Waals surface area contributed by atoms with Gasteiger partial charge in [-0.1, -0.05) is 97.6 Å². The molecule has 0 radical (unpaired) electrons. The molecule has 0 N–H and O–H groups in total. The fourth-order valence-electron chi connectivity index (χ4n) is 2.07. The van der Waals surface area contributed by atoms with Crippen LogP contribution in [0.5, 0.6) is 0 Å². The van der Waals surface area contributed by atoms with E-state index in [1.54, 1.807) is 0 Å². The molecule has 0 aromatic rings. The number of carbonyl (C=O) groups is 4. The van der Waals surface area contributed by atoms with Crippen molar-refractivity contribution in [3.8, 4) is 0 Å². The molecule has 0 aliphatic carbocycles. The first-order valence-corrected chi connectivity index (χ1v) is 16.9. The van der Waals surface area contributed by atoms with Gasteiger partial charge in [-0.05, 0) is 19.3 Å². The van der Waals surface area contributed by atoms with Crippen LogP contribution in [0.3, 0.4) is 0 Å². The van der Waals surface area contributed by atoms with Gasteiger partial charge < -0.3 is 13.8 Å². The van der Waals surface area contributed by atoms with E-state index in [9.17, 15) is 23.7 Å². The van der Waals surface area contributed by atoms with Crippen molar-refractivity contribution in [2.45, 2.75) is 81.6 Å². The first-order valence-electron chi connectivity index (χ1n) is 12.4. The molecule has 0 atom stereocenters. The van der Waals surface area contributed by atoms with Crippen molar-refractivity contribution in [1.82, 2.24) is 0 Å². The maximum Gasteiger partial charge on any atom is 0.438 e. The second kappa shape index (κ2) is 16.7. The van der Waals surface area contributed by atoms with Crippen molar-refractivity contribution < 1.29 is 37.5 Å². The smallest absolute Gasteiger partial charge is 0.438 e. The Labute approximate surface area is 235 Å². The van der Waals surface area contributed by atoms with E-state index in [0.29, 0.717) is 36.5 Å². The second-order valence-electron chi connectivity index (χ2n) is 11.5. The third-order valence-electron chi connectivity index (χ3n) is 4.37. The maximum atomic E-state index is 13.2. The number of hydrogen-bond donors (Lipinski definition) is 0. The Morgan fingerprint density at radius 3 is 1.16 bits per heavy atom. The van der Waals surface area contributed by atoms with Gasteiger partial charge in [0.05, 0.1) is 19.8 Å². The third-order valence-corrected chi connectivity index (χ3v) is 10.1. The van der Waals surface area contributed by atoms with Crippen LogP contribution in [-0.4, -0.2) is 58.1 Å². The van der Waals surface area contributed by atoms with Crippen LogP contribution >= 0.6 is 42.9 Å². The average molecular weight is 601 g/mol. The fraction of sp³-hybridized carbons (Fsp3) is 0.840. The topological polar surface area (TPSA) is 113 Å². The lowest BCUT2D eigenvalue weighted by Crippen LogP contribution is -2.18. The highest BCUT2D eigenvalue weighted by Crippen LogP contribution is 2.50. The SMILES string of the molecule is CC(C)(C)C(=O)SCCCOC(=O)P(=O)(OCCCSC(=O)C(C)(C)C)OCCCSC(=O)C(C)(C)C. The van der Waals surface area contributed by atoms with Crippen molar-refractivity contribution in [3.63, 3.8) is 0 Å². The van der Waals surface area contributed by atoms with Crippen molar-refractivity contribution in [2.75, 3.05) is 37.1 Å². The number of rotatable bonds is 15. The Morgan fingerprint density at radius 1 is 0.568 bits per heavy atom. The van der Waals surface area contributed by atoms with Gasteiger partial charge in [0, 0.05) is 33.5 Å². The van der Waals surface area contributed by atoms with Gasteiger partial charge in [-0.25, -0.2) is 9.36 Å². The van der Waals surface area contributed by atoms with Crippen LogP contribution in [0.15, 0.2) is 0 Å². The summed E-state index contributed by atoms with van der Waals surface area (Å²) in [7, 11) is -4.22. The zero-order valence-corrected chi connectivity index (χ0v) is 27.1. The summed E-state index contributed by atoms with van der Waals surface area (Å²) in [5, 5.41) is 0.120. The predicted molar refractivity (Wildman–Crippen MR) is 155 cm³/mol. The molecule has 37 heavy (non-hydrogen) atoms. The Bertz CT molecular complexity index is 770. The molecule has 0 amide bonds. The molecule has 216 valence electrons. The summed E-state index contributed by atoms with van der Waals surface area (Å²) in [4.78, 5) is 48.7. The number of hydrogen-bond acceptors (Lipinski definition) is 11. The van der Waals surface area contributed by atoms with Crippen LogP contribution in [0.1, 0.15) is 81.6 Å². The summed E-state index contributed by atoms with van der Waals surface area (Å²) in [5.74, 6) is 1.37. The number of carbonyl (C=O) groups excluding carboxylic acids is 4. The van der Waals surface area contributed by atoms with Crippen LogP contribution < -0.4 is 0 Å². The van der Waals surface area contributed by atoms with Gasteiger partial charge in [-0.2, -0.15) is 0 Å². The minimum absolute atomic E-state index is 0.0220. The van der Waals surface area contributed by atoms with E-state index >= 15 is 0 Å². The first kappa shape index (κ1) is 36.7. The van der Waals surface area contributed by atoms with E-state index in [4.69, 9.17) is 13.8 Å². The molecule has 0 spiro atoms. The molecule has 0 aromatic carbocycles. The standard InChI is InChI=1S/C25H45O8PS3/c1-23(2,3)19(26)35-16-10-13-31-22(29)34(30,32-14-11-17-36-20(27)24(4,5)6)33-15-12-18-37-21(28)25(7,8)9/h10-18H2,1-9H3. The first-order chi connectivity index (χ1) is 16.8. The van der Waals surface area contributed by atoms with Crippen LogP contribution in [0.25, 0.3) is 0 Å². The molecule has 0 saturated heterocycles. The summed E-state index contributed by atoms with van der Waals surface area (Å²) in [5.41, 5.74) is -2.45. The van der Waals surface area contributed by atoms with Crippen molar-refractivity contribution in [2.24, 2.45) is 16.2 Å². The zero-order chi connectivity index (χ0) is 28.9. The van der Waals surface area contributed by atoms with Gasteiger partial charge in [0.25, 0.3) is 0 Å². The molecule has 0 bridgehead atoms. The predicted octanol–water partition coefficient (Wildman–Crippen LogP) is 7.44. The lowest BCUT2D eigenvalue weighted by Gasteiger charge is -2.18. The third kappa shape index (κ3) is 16.4. The monoisotopic (exact) mass is 600 g/mol. The van der Waals surface area contributed by atoms with Gasteiger partial charge in [0.1, 0.15) is 0 Å². The van der Waals surface area contributed by atoms with Crippen molar-refractivity contribution >= 4 is 63.9 Å². The summed E-state index contributed by atoms with van der Waals surface area (Å²) in [6, 6.07) is 0. The summed E-state index contributed by atoms with van der Waals surface area (Å²) >= 11 is 3.50. The van der Waals surface area contributed by atoms with Crippen molar-refractivity contribution in [3.05, 3.63) is 0 Å². The zero-order valence-electron chi connectivity index (χ0n) is 23.8. The molecule has 0 aliphatic heterocycles. The van der Waals surface area contributed by atoms with Gasteiger partial charge in [-0.15, -0.1) is 0 Å². The highest BCUT2D eigenvalue weighted by atomic mass is 32.2. The fourth-order valence-corrected chi connectivity index (χ4v) is 5.99. The van der Waals surface area contributed by atoms with E-state index in [1.807, 2.05) is 62.3 Å². The largest absolute Gasteiger partial charge is 0.457 e. The number of ether oxygens (including phenoxy) is 1. The van der Waals surface area contributed by atoms with E-state index in [-0.39, 0.29) is 35.2 Å². The molecule has 0 fully saturated rings. The number of thioether (sulfide) groups is 3. The van der Waals surface area contributed by atoms with Crippen molar-refractivity contribution in [1.29, 1.82) is 0 Å². The van der Waals surface area contributed by atoms with Gasteiger partial charge in [0.2, 0.25) is 0 Å². The maximum absolute atomic E-state index is 13.2.